The number of rotatable bonds is 4. The lowest BCUT2D eigenvalue weighted by Gasteiger charge is -2.36. The zero-order valence-corrected chi connectivity index (χ0v) is 15.9. The summed E-state index contributed by atoms with van der Waals surface area (Å²) in [6.45, 7) is 4.43. The average molecular weight is 370 g/mol. The van der Waals surface area contributed by atoms with Crippen LogP contribution in [0.15, 0.2) is 53.6 Å². The van der Waals surface area contributed by atoms with Crippen LogP contribution in [0.1, 0.15) is 49.0 Å². The van der Waals surface area contributed by atoms with E-state index >= 15 is 0 Å². The number of hydrogen-bond acceptors (Lipinski definition) is 3. The Bertz CT molecular complexity index is 795. The van der Waals surface area contributed by atoms with Gasteiger partial charge in [0.1, 0.15) is 0 Å². The van der Waals surface area contributed by atoms with Crippen molar-refractivity contribution < 1.29 is 4.79 Å². The molecule has 1 aliphatic heterocycles. The van der Waals surface area contributed by atoms with Gasteiger partial charge in [-0.3, -0.25) is 9.80 Å². The molecule has 2 aromatic rings. The molecule has 1 saturated heterocycles. The Hall–Kier alpha value is -2.33. The quantitative estimate of drug-likeness (QED) is 0.754. The minimum Gasteiger partial charge on any atom is -0.322 e. The standard InChI is InChI=1S/C21H24ClN3O/c1-15-7-5-8-16(2)25(15)23-14-17-9-6-10-18(13-17)24-21(26)19-11-3-4-12-20(19)22/h3-4,6,9-16H,5,7-8H2,1-2H3,(H,24,26)/b23-14-/t15-,16+. The van der Waals surface area contributed by atoms with Gasteiger partial charge in [0.15, 0.2) is 0 Å². The van der Waals surface area contributed by atoms with Crippen molar-refractivity contribution >= 4 is 29.4 Å². The molecule has 1 aliphatic rings. The molecular formula is C21H24ClN3O. The summed E-state index contributed by atoms with van der Waals surface area (Å²) < 4.78 is 0. The molecule has 2 aromatic carbocycles. The molecule has 0 spiro atoms. The number of hydrazone groups is 1. The first-order chi connectivity index (χ1) is 12.5. The molecule has 5 heteroatoms. The number of carbonyl (C=O) groups is 1. The number of benzene rings is 2. The monoisotopic (exact) mass is 369 g/mol. The molecule has 4 nitrogen and oxygen atoms in total. The zero-order valence-electron chi connectivity index (χ0n) is 15.2. The first-order valence-corrected chi connectivity index (χ1v) is 9.40. The number of nitrogens with one attached hydrogen (secondary N) is 1. The molecule has 2 atom stereocenters. The molecule has 1 fully saturated rings. The maximum absolute atomic E-state index is 12.4. The van der Waals surface area contributed by atoms with Crippen molar-refractivity contribution in [2.24, 2.45) is 5.10 Å². The van der Waals surface area contributed by atoms with Gasteiger partial charge in [0, 0.05) is 17.8 Å². The highest BCUT2D eigenvalue weighted by atomic mass is 35.5. The lowest BCUT2D eigenvalue weighted by Crippen LogP contribution is -2.39. The van der Waals surface area contributed by atoms with Crippen molar-refractivity contribution in [1.82, 2.24) is 5.01 Å². The van der Waals surface area contributed by atoms with Crippen LogP contribution in [0, 0.1) is 0 Å². The fourth-order valence-electron chi connectivity index (χ4n) is 3.31. The van der Waals surface area contributed by atoms with Gasteiger partial charge in [-0.1, -0.05) is 35.9 Å². The van der Waals surface area contributed by atoms with Crippen molar-refractivity contribution in [2.45, 2.75) is 45.2 Å². The highest BCUT2D eigenvalue weighted by molar-refractivity contribution is 6.34. The van der Waals surface area contributed by atoms with Gasteiger partial charge < -0.3 is 5.32 Å². The first kappa shape index (κ1) is 18.5. The molecule has 1 heterocycles. The topological polar surface area (TPSA) is 44.7 Å². The maximum Gasteiger partial charge on any atom is 0.257 e. The number of amides is 1. The van der Waals surface area contributed by atoms with Gasteiger partial charge >= 0.3 is 0 Å². The molecule has 3 rings (SSSR count). The summed E-state index contributed by atoms with van der Waals surface area (Å²) in [4.78, 5) is 12.4. The SMILES string of the molecule is C[C@@H]1CCC[C@H](C)N1/N=C\c1cccc(NC(=O)c2ccccc2Cl)c1. The second-order valence-electron chi connectivity index (χ2n) is 6.81. The predicted octanol–water partition coefficient (Wildman–Crippen LogP) is 5.19. The summed E-state index contributed by atoms with van der Waals surface area (Å²) in [5.41, 5.74) is 2.13. The second kappa shape index (κ2) is 8.37. The summed E-state index contributed by atoms with van der Waals surface area (Å²) in [6, 6.07) is 15.6. The molecule has 0 unspecified atom stereocenters. The summed E-state index contributed by atoms with van der Waals surface area (Å²) in [7, 11) is 0. The summed E-state index contributed by atoms with van der Waals surface area (Å²) in [5.74, 6) is -0.219. The highest BCUT2D eigenvalue weighted by Crippen LogP contribution is 2.23. The van der Waals surface area contributed by atoms with Crippen LogP contribution in [-0.4, -0.2) is 29.2 Å². The van der Waals surface area contributed by atoms with E-state index in [9.17, 15) is 4.79 Å². The summed E-state index contributed by atoms with van der Waals surface area (Å²) in [5, 5.41) is 10.2. The third-order valence-electron chi connectivity index (χ3n) is 4.75. The molecule has 136 valence electrons. The van der Waals surface area contributed by atoms with E-state index in [1.54, 1.807) is 24.3 Å². The summed E-state index contributed by atoms with van der Waals surface area (Å²) >= 11 is 6.09. The van der Waals surface area contributed by atoms with E-state index in [0.717, 1.165) is 11.3 Å². The normalized spacial score (nSPS) is 20.3. The minimum absolute atomic E-state index is 0.219. The van der Waals surface area contributed by atoms with Crippen LogP contribution in [0.5, 0.6) is 0 Å². The Kier molecular flexibility index (Phi) is 5.94. The fraction of sp³-hybridized carbons (Fsp3) is 0.333. The van der Waals surface area contributed by atoms with E-state index in [-0.39, 0.29) is 5.91 Å². The fourth-order valence-corrected chi connectivity index (χ4v) is 3.53. The second-order valence-corrected chi connectivity index (χ2v) is 7.22. The number of carbonyl (C=O) groups excluding carboxylic acids is 1. The summed E-state index contributed by atoms with van der Waals surface area (Å²) in [6.07, 6.45) is 5.48. The van der Waals surface area contributed by atoms with Crippen LogP contribution in [-0.2, 0) is 0 Å². The number of halogens is 1. The van der Waals surface area contributed by atoms with Gasteiger partial charge in [0.2, 0.25) is 0 Å². The molecule has 1 N–H and O–H groups in total. The predicted molar refractivity (Wildman–Crippen MR) is 108 cm³/mol. The highest BCUT2D eigenvalue weighted by Gasteiger charge is 2.22. The van der Waals surface area contributed by atoms with E-state index in [1.165, 1.54) is 19.3 Å². The molecule has 1 amide bonds. The lowest BCUT2D eigenvalue weighted by atomic mass is 10.00. The van der Waals surface area contributed by atoms with Gasteiger partial charge in [-0.15, -0.1) is 0 Å². The van der Waals surface area contributed by atoms with Crippen molar-refractivity contribution in [3.05, 3.63) is 64.7 Å². The third-order valence-corrected chi connectivity index (χ3v) is 5.08. The van der Waals surface area contributed by atoms with Crippen molar-refractivity contribution in [3.63, 3.8) is 0 Å². The third kappa shape index (κ3) is 4.44. The Morgan fingerprint density at radius 2 is 1.88 bits per heavy atom. The van der Waals surface area contributed by atoms with Crippen LogP contribution in [0.3, 0.4) is 0 Å². The van der Waals surface area contributed by atoms with Crippen molar-refractivity contribution in [2.75, 3.05) is 5.32 Å². The van der Waals surface area contributed by atoms with Gasteiger partial charge in [-0.05, 0) is 62.9 Å². The van der Waals surface area contributed by atoms with E-state index in [0.29, 0.717) is 22.7 Å². The van der Waals surface area contributed by atoms with Crippen LogP contribution < -0.4 is 5.32 Å². The van der Waals surface area contributed by atoms with Crippen molar-refractivity contribution in [3.8, 4) is 0 Å². The van der Waals surface area contributed by atoms with Gasteiger partial charge in [-0.2, -0.15) is 5.10 Å². The molecule has 0 radical (unpaired) electrons. The number of hydrogen-bond donors (Lipinski definition) is 1. The molecule has 0 saturated carbocycles. The number of piperidine rings is 1. The molecule has 0 bridgehead atoms. The van der Waals surface area contributed by atoms with Gasteiger partial charge in [0.05, 0.1) is 16.8 Å². The molecule has 26 heavy (non-hydrogen) atoms. The largest absolute Gasteiger partial charge is 0.322 e. The molecule has 0 aliphatic carbocycles. The smallest absolute Gasteiger partial charge is 0.257 e. The Morgan fingerprint density at radius 1 is 1.15 bits per heavy atom. The number of anilines is 1. The van der Waals surface area contributed by atoms with Crippen LogP contribution in [0.4, 0.5) is 5.69 Å². The van der Waals surface area contributed by atoms with E-state index in [1.807, 2.05) is 30.5 Å². The lowest BCUT2D eigenvalue weighted by molar-refractivity contribution is 0.102. The molecule has 0 aromatic heterocycles. The van der Waals surface area contributed by atoms with Gasteiger partial charge in [0.25, 0.3) is 5.91 Å². The first-order valence-electron chi connectivity index (χ1n) is 9.03. The Labute approximate surface area is 159 Å². The number of nitrogens with zero attached hydrogens (tertiary/aromatic N) is 2. The van der Waals surface area contributed by atoms with Crippen LogP contribution >= 0.6 is 11.6 Å². The molecular weight excluding hydrogens is 346 g/mol. The average Bonchev–Trinajstić information content (AvgIpc) is 2.62. The van der Waals surface area contributed by atoms with Crippen LogP contribution in [0.2, 0.25) is 5.02 Å². The van der Waals surface area contributed by atoms with Gasteiger partial charge in [-0.25, -0.2) is 0 Å². The maximum atomic E-state index is 12.4. The minimum atomic E-state index is -0.219. The van der Waals surface area contributed by atoms with Crippen LogP contribution in [0.25, 0.3) is 0 Å². The Morgan fingerprint density at radius 3 is 2.62 bits per heavy atom. The van der Waals surface area contributed by atoms with E-state index in [2.05, 4.69) is 29.3 Å². The zero-order chi connectivity index (χ0) is 18.5. The van der Waals surface area contributed by atoms with E-state index < -0.39 is 0 Å². The Balaban J connectivity index is 1.71. The van der Waals surface area contributed by atoms with E-state index in [4.69, 9.17) is 11.6 Å². The van der Waals surface area contributed by atoms with Crippen molar-refractivity contribution in [1.29, 1.82) is 0 Å².